The number of benzene rings is 6. The van der Waals surface area contributed by atoms with E-state index in [4.69, 9.17) is 19.4 Å². The molecule has 0 atom stereocenters. The maximum absolute atomic E-state index is 6.42. The van der Waals surface area contributed by atoms with E-state index in [1.165, 1.54) is 11.1 Å². The molecule has 0 saturated carbocycles. The Bertz CT molecular complexity index is 3060. The fourth-order valence-electron chi connectivity index (χ4n) is 8.23. The number of rotatable bonds is 8. The second kappa shape index (κ2) is 17.2. The number of pyridine rings is 2. The number of ether oxygens (including phenoxy) is 2. The zero-order chi connectivity index (χ0) is 40.9. The number of nitrogens with zero attached hydrogens (tertiary/aromatic N) is 6. The van der Waals surface area contributed by atoms with E-state index in [0.29, 0.717) is 40.0 Å². The van der Waals surface area contributed by atoms with Gasteiger partial charge in [0.1, 0.15) is 0 Å². The molecule has 63 heavy (non-hydrogen) atoms. The number of fused-ring (bicyclic) bond motifs is 5. The molecule has 0 bridgehead atoms. The van der Waals surface area contributed by atoms with Crippen molar-refractivity contribution in [2.75, 3.05) is 4.90 Å². The van der Waals surface area contributed by atoms with E-state index in [2.05, 4.69) is 102 Å². The number of anilines is 3. The van der Waals surface area contributed by atoms with E-state index in [1.807, 2.05) is 114 Å². The molecule has 11 rings (SSSR count). The van der Waals surface area contributed by atoms with Crippen molar-refractivity contribution >= 4 is 38.9 Å². The molecule has 0 N–H and O–H groups in total. The Hall–Kier alpha value is -6.72. The number of para-hydroxylation sites is 2. The first kappa shape index (κ1) is 41.6. The number of hydrogen-bond donors (Lipinski definition) is 0. The average Bonchev–Trinajstić information content (AvgIpc) is 3.63. The summed E-state index contributed by atoms with van der Waals surface area (Å²) < 4.78 is 14.8. The van der Waals surface area contributed by atoms with Crippen molar-refractivity contribution < 1.29 is 51.6 Å². The van der Waals surface area contributed by atoms with E-state index >= 15 is 0 Å². The maximum atomic E-state index is 6.42. The molecule has 4 aromatic heterocycles. The van der Waals surface area contributed by atoms with Gasteiger partial charge in [0.2, 0.25) is 5.95 Å². The van der Waals surface area contributed by atoms with Gasteiger partial charge in [0.15, 0.2) is 0 Å². The summed E-state index contributed by atoms with van der Waals surface area (Å²) in [5.41, 5.74) is 10.0. The first-order valence-corrected chi connectivity index (χ1v) is 20.0. The molecule has 0 unspecified atom stereocenters. The molecule has 8 nitrogen and oxygen atoms in total. The molecule has 1 aliphatic rings. The Balaban J connectivity index is 0.00000252. The molecule has 10 aromatic rings. The second-order valence-electron chi connectivity index (χ2n) is 15.2. The molecule has 0 radical (unpaired) electrons. The number of aromatic nitrogens is 5. The SMILES string of the molecule is CC1(C)c2ccccc2N(c2cnc(-n3c4[c-]c(Oc5[c-]c(-c6ccccn6)ccc5)ccc4c4ccc(Oc5[c-]c(-c6ccccn6)ccc5)[c-]c43)nc2)c2ccccc21.[Pt+2].[Pt+2]. The van der Waals surface area contributed by atoms with Gasteiger partial charge in [0.25, 0.3) is 0 Å². The fraction of sp³-hybridized carbons (Fsp3) is 0.0566. The van der Waals surface area contributed by atoms with E-state index in [-0.39, 0.29) is 47.5 Å². The van der Waals surface area contributed by atoms with Gasteiger partial charge < -0.3 is 28.9 Å². The fourth-order valence-corrected chi connectivity index (χ4v) is 8.23. The molecular formula is C53H34N6O2Pt2. The smallest absolute Gasteiger partial charge is 0.503 e. The summed E-state index contributed by atoms with van der Waals surface area (Å²) in [5, 5.41) is 1.85. The standard InChI is InChI=1S/C53H34N6O2.2Pt/c1-53(2)44-17-3-5-21-48(44)58(49-22-6-4-18-45(49)53)37-33-56-52(57-34-37)59-50-31-40(60-38-15-11-13-35(29-38)46-19-7-9-27-54-46)23-25-42(50)43-26-24-41(32-51(43)59)61-39-16-12-14-36(30-39)47-20-8-10-28-55-47;;/h3-28,33-34H,1-2H3;;/q-4;2*+2. The Morgan fingerprint density at radius 1 is 0.460 bits per heavy atom. The van der Waals surface area contributed by atoms with Crippen LogP contribution in [0.1, 0.15) is 25.0 Å². The van der Waals surface area contributed by atoms with Crippen LogP contribution in [0.2, 0.25) is 0 Å². The molecule has 0 aliphatic carbocycles. The minimum Gasteiger partial charge on any atom is -0.503 e. The van der Waals surface area contributed by atoms with Gasteiger partial charge >= 0.3 is 42.1 Å². The Labute approximate surface area is 393 Å². The van der Waals surface area contributed by atoms with Crippen molar-refractivity contribution in [3.05, 3.63) is 206 Å². The van der Waals surface area contributed by atoms with Crippen LogP contribution < -0.4 is 14.4 Å². The van der Waals surface area contributed by atoms with Crippen molar-refractivity contribution in [2.45, 2.75) is 19.3 Å². The molecule has 1 aliphatic heterocycles. The quantitative estimate of drug-likeness (QED) is 0.140. The number of hydrogen-bond acceptors (Lipinski definition) is 7. The van der Waals surface area contributed by atoms with Crippen LogP contribution in [0.5, 0.6) is 23.0 Å². The van der Waals surface area contributed by atoms with E-state index < -0.39 is 0 Å². The summed E-state index contributed by atoms with van der Waals surface area (Å²) in [7, 11) is 0. The minimum atomic E-state index is -0.187. The van der Waals surface area contributed by atoms with Gasteiger partial charge in [-0.25, -0.2) is 9.97 Å². The van der Waals surface area contributed by atoms with Crippen LogP contribution in [0.25, 0.3) is 50.3 Å². The summed E-state index contributed by atoms with van der Waals surface area (Å²) in [6, 6.07) is 61.9. The van der Waals surface area contributed by atoms with Crippen LogP contribution in [-0.2, 0) is 47.5 Å². The molecule has 10 heteroatoms. The normalized spacial score (nSPS) is 12.4. The maximum Gasteiger partial charge on any atom is 2.00 e. The second-order valence-corrected chi connectivity index (χ2v) is 15.2. The van der Waals surface area contributed by atoms with E-state index in [9.17, 15) is 0 Å². The van der Waals surface area contributed by atoms with Crippen LogP contribution in [0.15, 0.2) is 170 Å². The van der Waals surface area contributed by atoms with Gasteiger partial charge in [-0.3, -0.25) is 0 Å². The van der Waals surface area contributed by atoms with Gasteiger partial charge in [-0.2, -0.15) is 22.9 Å². The largest absolute Gasteiger partial charge is 2.00 e. The van der Waals surface area contributed by atoms with Crippen LogP contribution in [0.4, 0.5) is 17.1 Å². The minimum absolute atomic E-state index is 0. The van der Waals surface area contributed by atoms with Crippen molar-refractivity contribution in [1.29, 1.82) is 0 Å². The third kappa shape index (κ3) is 7.64. The third-order valence-corrected chi connectivity index (χ3v) is 11.1. The zero-order valence-electron chi connectivity index (χ0n) is 33.8. The van der Waals surface area contributed by atoms with Gasteiger partial charge in [0, 0.05) is 40.8 Å². The molecule has 0 fully saturated rings. The van der Waals surface area contributed by atoms with Crippen molar-refractivity contribution in [2.24, 2.45) is 0 Å². The van der Waals surface area contributed by atoms with Crippen molar-refractivity contribution in [3.8, 4) is 51.5 Å². The van der Waals surface area contributed by atoms with E-state index in [0.717, 1.165) is 50.3 Å². The first-order chi connectivity index (χ1) is 30.0. The van der Waals surface area contributed by atoms with Gasteiger partial charge in [-0.1, -0.05) is 97.7 Å². The van der Waals surface area contributed by atoms with Crippen molar-refractivity contribution in [3.63, 3.8) is 0 Å². The third-order valence-electron chi connectivity index (χ3n) is 11.1. The van der Waals surface area contributed by atoms with Crippen LogP contribution in [0, 0.1) is 24.3 Å². The molecule has 0 spiro atoms. The molecule has 0 saturated heterocycles. The topological polar surface area (TPSA) is 78.2 Å². The molecule has 0 amide bonds. The van der Waals surface area contributed by atoms with Crippen molar-refractivity contribution in [1.82, 2.24) is 24.5 Å². The first-order valence-electron chi connectivity index (χ1n) is 20.0. The zero-order valence-corrected chi connectivity index (χ0v) is 38.3. The molecular weight excluding hydrogens is 1140 g/mol. The molecule has 6 aromatic carbocycles. The Morgan fingerprint density at radius 2 is 0.921 bits per heavy atom. The predicted molar refractivity (Wildman–Crippen MR) is 238 cm³/mol. The van der Waals surface area contributed by atoms with Gasteiger partial charge in [-0.15, -0.1) is 71.8 Å². The van der Waals surface area contributed by atoms with Gasteiger partial charge in [0.05, 0.1) is 29.5 Å². The predicted octanol–water partition coefficient (Wildman–Crippen LogP) is 12.6. The summed E-state index contributed by atoms with van der Waals surface area (Å²) in [5.74, 6) is 2.53. The summed E-state index contributed by atoms with van der Waals surface area (Å²) >= 11 is 0. The monoisotopic (exact) mass is 1180 g/mol. The summed E-state index contributed by atoms with van der Waals surface area (Å²) in [4.78, 5) is 21.3. The van der Waals surface area contributed by atoms with Crippen LogP contribution in [0.3, 0.4) is 0 Å². The van der Waals surface area contributed by atoms with Crippen LogP contribution in [-0.4, -0.2) is 24.5 Å². The van der Waals surface area contributed by atoms with E-state index in [1.54, 1.807) is 12.4 Å². The van der Waals surface area contributed by atoms with Crippen LogP contribution >= 0.6 is 0 Å². The molecule has 5 heterocycles. The molecule has 308 valence electrons. The van der Waals surface area contributed by atoms with Gasteiger partial charge in [-0.05, 0) is 46.8 Å². The summed E-state index contributed by atoms with van der Waals surface area (Å²) in [6.07, 6.45) is 7.29. The average molecular weight is 1180 g/mol. The Kier molecular flexibility index (Phi) is 11.4. The summed E-state index contributed by atoms with van der Waals surface area (Å²) in [6.45, 7) is 4.55. The Morgan fingerprint density at radius 3 is 1.40 bits per heavy atom.